The van der Waals surface area contributed by atoms with Crippen LogP contribution in [0, 0.1) is 0 Å². The lowest BCUT2D eigenvalue weighted by Crippen LogP contribution is -2.33. The maximum atomic E-state index is 6.19. The third-order valence-electron chi connectivity index (χ3n) is 2.99. The molecule has 0 aliphatic heterocycles. The third-order valence-corrected chi connectivity index (χ3v) is 3.52. The van der Waals surface area contributed by atoms with Gasteiger partial charge in [0.1, 0.15) is 0 Å². The van der Waals surface area contributed by atoms with Crippen LogP contribution in [0.4, 0.5) is 0 Å². The van der Waals surface area contributed by atoms with Crippen molar-refractivity contribution in [2.24, 2.45) is 5.73 Å². The van der Waals surface area contributed by atoms with Crippen molar-refractivity contribution in [3.05, 3.63) is 34.3 Å². The molecule has 0 amide bonds. The lowest BCUT2D eigenvalue weighted by molar-refractivity contribution is -0.0574. The second-order valence-electron chi connectivity index (χ2n) is 4.65. The molecule has 0 spiro atoms. The van der Waals surface area contributed by atoms with Crippen LogP contribution in [-0.4, -0.2) is 25.4 Å². The summed E-state index contributed by atoms with van der Waals surface area (Å²) in [6.45, 7) is 7.38. The molecule has 3 nitrogen and oxygen atoms in total. The van der Waals surface area contributed by atoms with Crippen LogP contribution in [-0.2, 0) is 9.47 Å². The Morgan fingerprint density at radius 2 is 1.84 bits per heavy atom. The van der Waals surface area contributed by atoms with E-state index in [2.05, 4.69) is 35.0 Å². The molecular formula is C15H24BrNO2. The molecular weight excluding hydrogens is 306 g/mol. The zero-order valence-corrected chi connectivity index (χ0v) is 13.5. The second-order valence-corrected chi connectivity index (χ2v) is 5.57. The summed E-state index contributed by atoms with van der Waals surface area (Å²) in [5, 5.41) is 0. The van der Waals surface area contributed by atoms with E-state index in [-0.39, 0.29) is 18.2 Å². The maximum Gasteiger partial charge on any atom is 0.0980 e. The molecule has 19 heavy (non-hydrogen) atoms. The average molecular weight is 330 g/mol. The molecule has 0 saturated carbocycles. The van der Waals surface area contributed by atoms with Gasteiger partial charge in [0.2, 0.25) is 0 Å². The van der Waals surface area contributed by atoms with Crippen molar-refractivity contribution in [1.82, 2.24) is 0 Å². The smallest absolute Gasteiger partial charge is 0.0980 e. The zero-order valence-electron chi connectivity index (χ0n) is 11.9. The Hall–Kier alpha value is -0.420. The lowest BCUT2D eigenvalue weighted by atomic mass is 10.0. The molecule has 0 saturated heterocycles. The van der Waals surface area contributed by atoms with E-state index in [1.807, 2.05) is 26.0 Å². The Morgan fingerprint density at radius 3 is 2.37 bits per heavy atom. The van der Waals surface area contributed by atoms with Gasteiger partial charge < -0.3 is 15.2 Å². The van der Waals surface area contributed by atoms with Crippen molar-refractivity contribution in [3.63, 3.8) is 0 Å². The topological polar surface area (TPSA) is 44.5 Å². The summed E-state index contributed by atoms with van der Waals surface area (Å²) < 4.78 is 12.5. The minimum absolute atomic E-state index is 0.00903. The van der Waals surface area contributed by atoms with Gasteiger partial charge in [-0.25, -0.2) is 0 Å². The Kier molecular flexibility index (Phi) is 7.61. The van der Waals surface area contributed by atoms with Gasteiger partial charge in [-0.2, -0.15) is 0 Å². The molecule has 0 radical (unpaired) electrons. The molecule has 3 unspecified atom stereocenters. The van der Waals surface area contributed by atoms with E-state index < -0.39 is 0 Å². The van der Waals surface area contributed by atoms with Gasteiger partial charge in [0.25, 0.3) is 0 Å². The van der Waals surface area contributed by atoms with Gasteiger partial charge in [-0.3, -0.25) is 0 Å². The van der Waals surface area contributed by atoms with E-state index in [0.29, 0.717) is 13.2 Å². The number of hydrogen-bond acceptors (Lipinski definition) is 3. The summed E-state index contributed by atoms with van der Waals surface area (Å²) in [4.78, 5) is 0. The molecule has 0 heterocycles. The molecule has 108 valence electrons. The largest absolute Gasteiger partial charge is 0.379 e. The van der Waals surface area contributed by atoms with Gasteiger partial charge >= 0.3 is 0 Å². The monoisotopic (exact) mass is 329 g/mol. The summed E-state index contributed by atoms with van der Waals surface area (Å²) in [6, 6.07) is 8.13. The normalized spacial score (nSPS) is 16.1. The maximum absolute atomic E-state index is 6.19. The van der Waals surface area contributed by atoms with Crippen molar-refractivity contribution in [3.8, 4) is 0 Å². The highest BCUT2D eigenvalue weighted by Gasteiger charge is 2.21. The number of benzene rings is 1. The third kappa shape index (κ3) is 5.61. The molecule has 0 bridgehead atoms. The standard InChI is InChI=1S/C15H24BrNO2/c1-4-14(17)15(19-11(3)10-18-5-2)12-6-8-13(16)9-7-12/h6-9,11,14-15H,4-5,10,17H2,1-3H3. The van der Waals surface area contributed by atoms with Crippen LogP contribution < -0.4 is 5.73 Å². The van der Waals surface area contributed by atoms with Crippen LogP contribution in [0.25, 0.3) is 0 Å². The molecule has 2 N–H and O–H groups in total. The Labute approximate surface area is 124 Å². The van der Waals surface area contributed by atoms with Crippen molar-refractivity contribution < 1.29 is 9.47 Å². The first-order chi connectivity index (χ1) is 9.08. The molecule has 0 aliphatic carbocycles. The second kappa shape index (κ2) is 8.69. The summed E-state index contributed by atoms with van der Waals surface area (Å²) in [6.07, 6.45) is 0.821. The number of hydrogen-bond donors (Lipinski definition) is 1. The Morgan fingerprint density at radius 1 is 1.21 bits per heavy atom. The van der Waals surface area contributed by atoms with Crippen molar-refractivity contribution in [1.29, 1.82) is 0 Å². The molecule has 3 atom stereocenters. The summed E-state index contributed by atoms with van der Waals surface area (Å²) in [5.74, 6) is 0. The van der Waals surface area contributed by atoms with E-state index in [1.54, 1.807) is 0 Å². The molecule has 0 aromatic heterocycles. The van der Waals surface area contributed by atoms with E-state index in [1.165, 1.54) is 0 Å². The first kappa shape index (κ1) is 16.6. The Balaban J connectivity index is 2.74. The molecule has 1 rings (SSSR count). The minimum Gasteiger partial charge on any atom is -0.379 e. The highest BCUT2D eigenvalue weighted by Crippen LogP contribution is 2.25. The van der Waals surface area contributed by atoms with E-state index in [9.17, 15) is 0 Å². The fraction of sp³-hybridized carbons (Fsp3) is 0.600. The van der Waals surface area contributed by atoms with Gasteiger partial charge in [0.15, 0.2) is 0 Å². The Bertz CT molecular complexity index is 356. The minimum atomic E-state index is -0.0893. The highest BCUT2D eigenvalue weighted by molar-refractivity contribution is 9.10. The predicted octanol–water partition coefficient (Wildman–Crippen LogP) is 3.67. The van der Waals surface area contributed by atoms with Crippen LogP contribution in [0.3, 0.4) is 0 Å². The molecule has 1 aromatic carbocycles. The molecule has 0 aliphatic rings. The van der Waals surface area contributed by atoms with Gasteiger partial charge in [0, 0.05) is 17.1 Å². The quantitative estimate of drug-likeness (QED) is 0.791. The molecule has 4 heteroatoms. The van der Waals surface area contributed by atoms with Crippen LogP contribution in [0.5, 0.6) is 0 Å². The number of ether oxygens (including phenoxy) is 2. The van der Waals surface area contributed by atoms with E-state index >= 15 is 0 Å². The van der Waals surface area contributed by atoms with E-state index in [0.717, 1.165) is 16.5 Å². The van der Waals surface area contributed by atoms with Gasteiger partial charge in [-0.1, -0.05) is 35.0 Å². The predicted molar refractivity (Wildman–Crippen MR) is 82.2 cm³/mol. The average Bonchev–Trinajstić information content (AvgIpc) is 2.42. The number of nitrogens with two attached hydrogens (primary N) is 1. The SMILES string of the molecule is CCOCC(C)OC(c1ccc(Br)cc1)C(N)CC. The highest BCUT2D eigenvalue weighted by atomic mass is 79.9. The first-order valence-electron chi connectivity index (χ1n) is 6.82. The van der Waals surface area contributed by atoms with Crippen molar-refractivity contribution in [2.75, 3.05) is 13.2 Å². The fourth-order valence-electron chi connectivity index (χ4n) is 1.87. The van der Waals surface area contributed by atoms with Gasteiger partial charge in [-0.15, -0.1) is 0 Å². The van der Waals surface area contributed by atoms with Crippen molar-refractivity contribution in [2.45, 2.75) is 45.4 Å². The van der Waals surface area contributed by atoms with E-state index in [4.69, 9.17) is 15.2 Å². The number of halogens is 1. The van der Waals surface area contributed by atoms with Crippen LogP contribution >= 0.6 is 15.9 Å². The zero-order chi connectivity index (χ0) is 14.3. The number of rotatable bonds is 8. The molecule has 1 aromatic rings. The molecule has 0 fully saturated rings. The summed E-state index contributed by atoms with van der Waals surface area (Å²) >= 11 is 3.44. The summed E-state index contributed by atoms with van der Waals surface area (Å²) in [7, 11) is 0. The van der Waals surface area contributed by atoms with Gasteiger partial charge in [0.05, 0.1) is 18.8 Å². The van der Waals surface area contributed by atoms with Crippen LogP contribution in [0.2, 0.25) is 0 Å². The first-order valence-corrected chi connectivity index (χ1v) is 7.62. The van der Waals surface area contributed by atoms with Crippen LogP contribution in [0.1, 0.15) is 38.9 Å². The summed E-state index contributed by atoms with van der Waals surface area (Å²) in [5.41, 5.74) is 7.30. The van der Waals surface area contributed by atoms with Crippen molar-refractivity contribution >= 4 is 15.9 Å². The lowest BCUT2D eigenvalue weighted by Gasteiger charge is -2.27. The van der Waals surface area contributed by atoms with Crippen LogP contribution in [0.15, 0.2) is 28.7 Å². The van der Waals surface area contributed by atoms with Gasteiger partial charge in [-0.05, 0) is 38.0 Å². The fourth-order valence-corrected chi connectivity index (χ4v) is 2.13.